The number of benzene rings is 1. The third-order valence-corrected chi connectivity index (χ3v) is 3.84. The van der Waals surface area contributed by atoms with E-state index >= 15 is 0 Å². The fraction of sp³-hybridized carbons (Fsp3) is 0.200. The highest BCUT2D eigenvalue weighted by Gasteiger charge is 2.17. The van der Waals surface area contributed by atoms with E-state index in [2.05, 4.69) is 19.4 Å². The van der Waals surface area contributed by atoms with Crippen molar-refractivity contribution < 1.29 is 17.3 Å². The Hall–Kier alpha value is -2.00. The third kappa shape index (κ3) is 3.26. The third-order valence-electron chi connectivity index (χ3n) is 2.31. The molecule has 1 aromatic carbocycles. The number of nitrogen functional groups attached to an aromatic ring is 1. The molecule has 9 heteroatoms. The highest BCUT2D eigenvalue weighted by molar-refractivity contribution is 7.89. The smallest absolute Gasteiger partial charge is 0.242 e. The summed E-state index contributed by atoms with van der Waals surface area (Å²) in [6.45, 7) is 0.0820. The van der Waals surface area contributed by atoms with Crippen LogP contribution >= 0.6 is 0 Å². The molecule has 3 N–H and O–H groups in total. The van der Waals surface area contributed by atoms with Gasteiger partial charge in [0.1, 0.15) is 10.7 Å². The van der Waals surface area contributed by atoms with Crippen molar-refractivity contribution in [2.45, 2.75) is 11.3 Å². The van der Waals surface area contributed by atoms with Crippen molar-refractivity contribution >= 4 is 15.7 Å². The van der Waals surface area contributed by atoms with Gasteiger partial charge in [0, 0.05) is 13.0 Å². The van der Waals surface area contributed by atoms with Crippen molar-refractivity contribution in [3.63, 3.8) is 0 Å². The van der Waals surface area contributed by atoms with Gasteiger partial charge >= 0.3 is 0 Å². The Morgan fingerprint density at radius 2 is 2.21 bits per heavy atom. The zero-order chi connectivity index (χ0) is 13.9. The van der Waals surface area contributed by atoms with Gasteiger partial charge < -0.3 is 10.3 Å². The van der Waals surface area contributed by atoms with Crippen LogP contribution in [0.4, 0.5) is 10.1 Å². The molecule has 19 heavy (non-hydrogen) atoms. The topological polar surface area (TPSA) is 111 Å². The first-order chi connectivity index (χ1) is 8.99. The van der Waals surface area contributed by atoms with Crippen molar-refractivity contribution in [2.75, 3.05) is 12.3 Å². The maximum atomic E-state index is 12.9. The molecule has 0 fully saturated rings. The van der Waals surface area contributed by atoms with Gasteiger partial charge in [0.2, 0.25) is 16.4 Å². The monoisotopic (exact) mass is 286 g/mol. The van der Waals surface area contributed by atoms with Crippen molar-refractivity contribution in [1.82, 2.24) is 14.9 Å². The van der Waals surface area contributed by atoms with E-state index in [9.17, 15) is 12.8 Å². The van der Waals surface area contributed by atoms with Crippen molar-refractivity contribution in [1.29, 1.82) is 0 Å². The second-order valence-electron chi connectivity index (χ2n) is 3.68. The van der Waals surface area contributed by atoms with Gasteiger partial charge in [-0.15, -0.1) is 0 Å². The number of hydrogen-bond acceptors (Lipinski definition) is 6. The van der Waals surface area contributed by atoms with Crippen molar-refractivity contribution in [3.05, 3.63) is 36.2 Å². The summed E-state index contributed by atoms with van der Waals surface area (Å²) in [4.78, 5) is 3.59. The number of hydrogen-bond donors (Lipinski definition) is 2. The Morgan fingerprint density at radius 1 is 1.42 bits per heavy atom. The molecule has 1 heterocycles. The molecule has 1 aromatic heterocycles. The number of nitrogens with two attached hydrogens (primary N) is 1. The van der Waals surface area contributed by atoms with E-state index in [0.717, 1.165) is 24.6 Å². The minimum absolute atomic E-state index is 0.0820. The molecule has 0 radical (unpaired) electrons. The number of nitrogens with one attached hydrogen (secondary N) is 1. The lowest BCUT2D eigenvalue weighted by molar-refractivity contribution is 0.410. The second-order valence-corrected chi connectivity index (χ2v) is 5.41. The molecule has 0 spiro atoms. The summed E-state index contributed by atoms with van der Waals surface area (Å²) in [6, 6.07) is 3.10. The summed E-state index contributed by atoms with van der Waals surface area (Å²) in [7, 11) is -3.79. The maximum Gasteiger partial charge on any atom is 0.242 e. The molecule has 102 valence electrons. The highest BCUT2D eigenvalue weighted by Crippen LogP contribution is 2.18. The summed E-state index contributed by atoms with van der Waals surface area (Å²) < 4.78 is 43.5. The number of nitrogens with zero attached hydrogens (tertiary/aromatic N) is 2. The SMILES string of the molecule is Nc1cc(F)ccc1S(=O)(=O)NCCc1ncon1. The van der Waals surface area contributed by atoms with Gasteiger partial charge in [0.05, 0.1) is 5.69 Å². The lowest BCUT2D eigenvalue weighted by Crippen LogP contribution is -2.27. The summed E-state index contributed by atoms with van der Waals surface area (Å²) in [6.07, 6.45) is 1.43. The lowest BCUT2D eigenvalue weighted by atomic mass is 10.3. The molecule has 0 amide bonds. The largest absolute Gasteiger partial charge is 0.398 e. The van der Waals surface area contributed by atoms with Crippen LogP contribution in [-0.4, -0.2) is 25.1 Å². The van der Waals surface area contributed by atoms with Gasteiger partial charge in [-0.3, -0.25) is 0 Å². The highest BCUT2D eigenvalue weighted by atomic mass is 32.2. The molecule has 0 saturated carbocycles. The average Bonchev–Trinajstić information content (AvgIpc) is 2.81. The van der Waals surface area contributed by atoms with Gasteiger partial charge in [0.15, 0.2) is 5.82 Å². The zero-order valence-corrected chi connectivity index (χ0v) is 10.5. The van der Waals surface area contributed by atoms with Crippen LogP contribution in [0.15, 0.2) is 34.0 Å². The fourth-order valence-electron chi connectivity index (χ4n) is 1.44. The van der Waals surface area contributed by atoms with Crippen LogP contribution in [0.5, 0.6) is 0 Å². The van der Waals surface area contributed by atoms with Crippen LogP contribution in [-0.2, 0) is 16.4 Å². The van der Waals surface area contributed by atoms with Gasteiger partial charge in [-0.05, 0) is 18.2 Å². The predicted octanol–water partition coefficient (Wildman–Crippen LogP) is 0.312. The van der Waals surface area contributed by atoms with Crippen molar-refractivity contribution in [2.24, 2.45) is 0 Å². The zero-order valence-electron chi connectivity index (χ0n) is 9.71. The molecule has 2 aromatic rings. The van der Waals surface area contributed by atoms with Gasteiger partial charge in [-0.1, -0.05) is 5.16 Å². The molecule has 0 atom stereocenters. The van der Waals surface area contributed by atoms with E-state index in [1.54, 1.807) is 0 Å². The Bertz CT molecular complexity index is 657. The minimum Gasteiger partial charge on any atom is -0.398 e. The van der Waals surface area contributed by atoms with E-state index in [1.165, 1.54) is 0 Å². The number of anilines is 1. The van der Waals surface area contributed by atoms with Gasteiger partial charge in [-0.25, -0.2) is 17.5 Å². The van der Waals surface area contributed by atoms with Crippen LogP contribution in [0.25, 0.3) is 0 Å². The van der Waals surface area contributed by atoms with Crippen molar-refractivity contribution in [3.8, 4) is 0 Å². The first kappa shape index (κ1) is 13.4. The predicted molar refractivity (Wildman–Crippen MR) is 64.0 cm³/mol. The molecule has 7 nitrogen and oxygen atoms in total. The van der Waals surface area contributed by atoms with E-state index in [-0.39, 0.29) is 23.5 Å². The molecule has 0 unspecified atom stereocenters. The fourth-order valence-corrected chi connectivity index (χ4v) is 2.58. The average molecular weight is 286 g/mol. The number of sulfonamides is 1. The van der Waals surface area contributed by atoms with E-state index in [0.29, 0.717) is 5.82 Å². The van der Waals surface area contributed by atoms with Gasteiger partial charge in [-0.2, -0.15) is 4.98 Å². The minimum atomic E-state index is -3.79. The molecular formula is C10H11FN4O3S. The van der Waals surface area contributed by atoms with E-state index in [1.807, 2.05) is 0 Å². The summed E-state index contributed by atoms with van der Waals surface area (Å²) in [5, 5.41) is 3.54. The first-order valence-corrected chi connectivity index (χ1v) is 6.77. The molecule has 0 aliphatic rings. The summed E-state index contributed by atoms with van der Waals surface area (Å²) >= 11 is 0. The molecule has 0 aliphatic carbocycles. The first-order valence-electron chi connectivity index (χ1n) is 5.29. The van der Waals surface area contributed by atoms with E-state index < -0.39 is 15.8 Å². The Morgan fingerprint density at radius 3 is 2.84 bits per heavy atom. The quantitative estimate of drug-likeness (QED) is 0.765. The normalized spacial score (nSPS) is 11.6. The Kier molecular flexibility index (Phi) is 3.76. The second kappa shape index (κ2) is 5.33. The standard InChI is InChI=1S/C10H11FN4O3S/c11-7-1-2-9(8(12)5-7)19(16,17)14-4-3-10-13-6-18-15-10/h1-2,5-6,14H,3-4,12H2. The van der Waals surface area contributed by atoms with Crippen LogP contribution in [0.1, 0.15) is 5.82 Å². The Balaban J connectivity index is 2.05. The lowest BCUT2D eigenvalue weighted by Gasteiger charge is -2.08. The van der Waals surface area contributed by atoms with Crippen LogP contribution in [0.3, 0.4) is 0 Å². The number of aromatic nitrogens is 2. The molecule has 0 bridgehead atoms. The number of halogens is 1. The molecule has 2 rings (SSSR count). The van der Waals surface area contributed by atoms with Gasteiger partial charge in [0.25, 0.3) is 0 Å². The van der Waals surface area contributed by atoms with E-state index in [4.69, 9.17) is 5.73 Å². The van der Waals surface area contributed by atoms with Crippen LogP contribution < -0.4 is 10.5 Å². The summed E-state index contributed by atoms with van der Waals surface area (Å²) in [5.74, 6) is -0.210. The molecule has 0 saturated heterocycles. The van der Waals surface area contributed by atoms with Crippen LogP contribution in [0.2, 0.25) is 0 Å². The van der Waals surface area contributed by atoms with Crippen LogP contribution in [0, 0.1) is 5.82 Å². The number of rotatable bonds is 5. The maximum absolute atomic E-state index is 12.9. The molecule has 0 aliphatic heterocycles. The summed E-state index contributed by atoms with van der Waals surface area (Å²) in [5.41, 5.74) is 5.33. The Labute approximate surface area is 108 Å². The molecular weight excluding hydrogens is 275 g/mol.